The molecule has 1 saturated carbocycles. The largest absolute Gasteiger partial charge is 0.391 e. The van der Waals surface area contributed by atoms with E-state index in [2.05, 4.69) is 15.6 Å². The Morgan fingerprint density at radius 3 is 2.52 bits per heavy atom. The number of aliphatic hydroxyl groups excluding tert-OH is 1. The molecule has 230 valence electrons. The van der Waals surface area contributed by atoms with Gasteiger partial charge in [0.05, 0.1) is 27.9 Å². The Morgan fingerprint density at radius 1 is 1.14 bits per heavy atom. The number of aromatic nitrogens is 1. The molecule has 3 aliphatic rings. The number of fused-ring (bicyclic) bond motifs is 1. The quantitative estimate of drug-likeness (QED) is 0.279. The van der Waals surface area contributed by atoms with Crippen molar-refractivity contribution in [1.82, 2.24) is 15.2 Å². The van der Waals surface area contributed by atoms with Crippen molar-refractivity contribution in [2.24, 2.45) is 0 Å². The predicted octanol–water partition coefficient (Wildman–Crippen LogP) is 4.26. The van der Waals surface area contributed by atoms with Crippen molar-refractivity contribution in [2.75, 3.05) is 11.9 Å². The highest BCUT2D eigenvalue weighted by molar-refractivity contribution is 7.90. The first kappa shape index (κ1) is 30.4. The number of β-amino-alcohol motifs (C(OH)–C–C–N with tert-alkyl or cyclic N) is 1. The summed E-state index contributed by atoms with van der Waals surface area (Å²) in [6, 6.07) is 8.50. The minimum atomic E-state index is -3.89. The van der Waals surface area contributed by atoms with Gasteiger partial charge >= 0.3 is 0 Å². The van der Waals surface area contributed by atoms with E-state index < -0.39 is 39.6 Å². The number of sulfone groups is 1. The first-order valence-corrected chi connectivity index (χ1v) is 16.6. The highest BCUT2D eigenvalue weighted by Gasteiger charge is 2.42. The monoisotopic (exact) mass is 656 g/mol. The van der Waals surface area contributed by atoms with Crippen LogP contribution in [0.4, 0.5) is 5.69 Å². The van der Waals surface area contributed by atoms with Gasteiger partial charge in [0.15, 0.2) is 9.84 Å². The first-order valence-electron chi connectivity index (χ1n) is 14.2. The summed E-state index contributed by atoms with van der Waals surface area (Å²) in [7, 11) is -3.89. The molecule has 0 bridgehead atoms. The number of hydrogen-bond acceptors (Lipinski definition) is 6. The van der Waals surface area contributed by atoms with Crippen LogP contribution in [0.25, 0.3) is 11.6 Å². The Bertz CT molecular complexity index is 1840. The lowest BCUT2D eigenvalue weighted by atomic mass is 10.0. The Hall–Kier alpha value is -3.64. The number of amides is 3. The maximum absolute atomic E-state index is 13.7. The third-order valence-electron chi connectivity index (χ3n) is 8.27. The molecule has 44 heavy (non-hydrogen) atoms. The molecule has 1 saturated heterocycles. The average Bonchev–Trinajstić information content (AvgIpc) is 3.50. The molecule has 0 spiro atoms. The number of anilines is 1. The maximum atomic E-state index is 13.7. The number of benzene rings is 2. The van der Waals surface area contributed by atoms with Crippen LogP contribution in [0.5, 0.6) is 0 Å². The van der Waals surface area contributed by atoms with Crippen LogP contribution in [0, 0.1) is 13.8 Å². The number of aliphatic hydroxyl groups is 1. The Morgan fingerprint density at radius 2 is 1.84 bits per heavy atom. The highest BCUT2D eigenvalue weighted by Crippen LogP contribution is 2.37. The van der Waals surface area contributed by atoms with Crippen molar-refractivity contribution in [2.45, 2.75) is 61.9 Å². The van der Waals surface area contributed by atoms with Gasteiger partial charge in [-0.2, -0.15) is 0 Å². The molecule has 0 unspecified atom stereocenters. The number of carbonyl (C=O) groups excluding carboxylic acids is 3. The van der Waals surface area contributed by atoms with Gasteiger partial charge < -0.3 is 25.6 Å². The number of halogens is 2. The van der Waals surface area contributed by atoms with Crippen LogP contribution in [0.2, 0.25) is 10.0 Å². The van der Waals surface area contributed by atoms with Gasteiger partial charge in [-0.3, -0.25) is 14.4 Å². The number of rotatable bonds is 7. The van der Waals surface area contributed by atoms with Crippen LogP contribution >= 0.6 is 23.2 Å². The second-order valence-electron chi connectivity index (χ2n) is 11.5. The first-order chi connectivity index (χ1) is 20.8. The number of H-pyrrole nitrogens is 1. The summed E-state index contributed by atoms with van der Waals surface area (Å²) in [5.74, 6) is -1.51. The van der Waals surface area contributed by atoms with E-state index in [1.54, 1.807) is 38.1 Å². The number of aryl methyl sites for hydroxylation is 1. The number of carbonyl (C=O) groups is 3. The fourth-order valence-electron chi connectivity index (χ4n) is 5.79. The lowest BCUT2D eigenvalue weighted by Gasteiger charge is -2.24. The molecule has 4 N–H and O–H groups in total. The second-order valence-corrected chi connectivity index (χ2v) is 14.3. The van der Waals surface area contributed by atoms with Gasteiger partial charge in [-0.1, -0.05) is 29.3 Å². The molecule has 0 radical (unpaired) electrons. The fraction of sp³-hybridized carbons (Fsp3) is 0.323. The molecule has 2 atom stereocenters. The number of aromatic amines is 1. The SMILES string of the molecule is Cc1[nH]c(/C=C2\C(=O)Nc3ccc(S(=O)(=O)Cc4c(Cl)cccc4Cl)cc32)c(C)c1C(=O)N1C[C@H](O)C[C@H]1C(=O)NC1CC1. The van der Waals surface area contributed by atoms with Crippen molar-refractivity contribution in [1.29, 1.82) is 0 Å². The minimum Gasteiger partial charge on any atom is -0.391 e. The molecule has 3 amide bonds. The molecule has 3 aromatic rings. The van der Waals surface area contributed by atoms with E-state index >= 15 is 0 Å². The normalized spacial score (nSPS) is 20.6. The van der Waals surface area contributed by atoms with E-state index in [0.29, 0.717) is 33.8 Å². The predicted molar refractivity (Wildman–Crippen MR) is 167 cm³/mol. The van der Waals surface area contributed by atoms with E-state index in [0.717, 1.165) is 12.8 Å². The van der Waals surface area contributed by atoms with Crippen LogP contribution in [0.3, 0.4) is 0 Å². The van der Waals surface area contributed by atoms with Gasteiger partial charge in [-0.05, 0) is 68.7 Å². The van der Waals surface area contributed by atoms with Crippen molar-refractivity contribution in [3.8, 4) is 0 Å². The summed E-state index contributed by atoms with van der Waals surface area (Å²) >= 11 is 12.4. The fourth-order valence-corrected chi connectivity index (χ4v) is 7.91. The smallest absolute Gasteiger partial charge is 0.256 e. The molecule has 1 aliphatic carbocycles. The van der Waals surface area contributed by atoms with Crippen LogP contribution in [-0.2, 0) is 25.2 Å². The zero-order chi connectivity index (χ0) is 31.5. The van der Waals surface area contributed by atoms with Crippen molar-refractivity contribution < 1.29 is 27.9 Å². The molecule has 2 aliphatic heterocycles. The molecular weight excluding hydrogens is 627 g/mol. The summed E-state index contributed by atoms with van der Waals surface area (Å²) in [5, 5.41) is 16.5. The zero-order valence-corrected chi connectivity index (χ0v) is 26.2. The van der Waals surface area contributed by atoms with Crippen LogP contribution in [0.1, 0.15) is 57.7 Å². The maximum Gasteiger partial charge on any atom is 0.256 e. The van der Waals surface area contributed by atoms with Crippen molar-refractivity contribution in [3.63, 3.8) is 0 Å². The van der Waals surface area contributed by atoms with E-state index in [1.165, 1.54) is 23.1 Å². The van der Waals surface area contributed by atoms with E-state index in [9.17, 15) is 27.9 Å². The van der Waals surface area contributed by atoms with E-state index in [4.69, 9.17) is 23.2 Å². The van der Waals surface area contributed by atoms with E-state index in [1.807, 2.05) is 0 Å². The van der Waals surface area contributed by atoms with Crippen molar-refractivity contribution in [3.05, 3.63) is 80.1 Å². The van der Waals surface area contributed by atoms with Crippen molar-refractivity contribution >= 4 is 68.1 Å². The molecule has 3 heterocycles. The lowest BCUT2D eigenvalue weighted by molar-refractivity contribution is -0.125. The third kappa shape index (κ3) is 5.65. The van der Waals surface area contributed by atoms with Crippen LogP contribution in [0.15, 0.2) is 41.3 Å². The summed E-state index contributed by atoms with van der Waals surface area (Å²) < 4.78 is 26.8. The number of likely N-dealkylation sites (tertiary alicyclic amines) is 1. The average molecular weight is 658 g/mol. The van der Waals surface area contributed by atoms with E-state index in [-0.39, 0.29) is 51.0 Å². The molecule has 2 aromatic carbocycles. The Kier molecular flexibility index (Phi) is 7.86. The molecule has 6 rings (SSSR count). The highest BCUT2D eigenvalue weighted by atomic mass is 35.5. The van der Waals surface area contributed by atoms with Gasteiger partial charge in [-0.25, -0.2) is 8.42 Å². The summed E-state index contributed by atoms with van der Waals surface area (Å²) in [5.41, 5.74) is 3.27. The molecule has 2 fully saturated rings. The number of nitrogens with one attached hydrogen (secondary N) is 3. The summed E-state index contributed by atoms with van der Waals surface area (Å²) in [6.07, 6.45) is 2.74. The standard InChI is InChI=1S/C31H30Cl2N4O6S/c1-15-26(34-16(2)28(15)31(41)37-13-18(38)10-27(37)30(40)35-17-6-7-17)12-21-20-11-19(8-9-25(20)36-29(21)39)44(42,43)14-22-23(32)4-3-5-24(22)33/h3-5,8-9,11-12,17-18,27,34,38H,6-7,10,13-14H2,1-2H3,(H,35,40)(H,36,39)/b21-12-/t18-,27+/m1/s1. The minimum absolute atomic E-state index is 0.00648. The third-order valence-corrected chi connectivity index (χ3v) is 10.6. The summed E-state index contributed by atoms with van der Waals surface area (Å²) in [4.78, 5) is 44.2. The number of hydrogen-bond donors (Lipinski definition) is 4. The van der Waals surface area contributed by atoms with Gasteiger partial charge in [0.2, 0.25) is 5.91 Å². The van der Waals surface area contributed by atoms with Crippen LogP contribution in [-0.4, -0.2) is 65.9 Å². The molecule has 10 nitrogen and oxygen atoms in total. The molecule has 1 aromatic heterocycles. The zero-order valence-electron chi connectivity index (χ0n) is 23.9. The van der Waals surface area contributed by atoms with Gasteiger partial charge in [0, 0.05) is 57.3 Å². The Labute approximate surface area is 264 Å². The Balaban J connectivity index is 1.31. The molecule has 13 heteroatoms. The molecular formula is C31H30Cl2N4O6S. The summed E-state index contributed by atoms with van der Waals surface area (Å²) in [6.45, 7) is 3.49. The lowest BCUT2D eigenvalue weighted by Crippen LogP contribution is -2.46. The second kappa shape index (κ2) is 11.4. The van der Waals surface area contributed by atoms with Crippen LogP contribution < -0.4 is 10.6 Å². The van der Waals surface area contributed by atoms with Gasteiger partial charge in [0.25, 0.3) is 11.8 Å². The number of nitrogens with zero attached hydrogens (tertiary/aromatic N) is 1. The van der Waals surface area contributed by atoms with Gasteiger partial charge in [-0.15, -0.1) is 0 Å². The van der Waals surface area contributed by atoms with Gasteiger partial charge in [0.1, 0.15) is 6.04 Å². The topological polar surface area (TPSA) is 149 Å².